The second-order valence-corrected chi connectivity index (χ2v) is 8.60. The fourth-order valence-electron chi connectivity index (χ4n) is 5.07. The molecule has 172 valence electrons. The van der Waals surface area contributed by atoms with Crippen molar-refractivity contribution in [2.45, 2.75) is 0 Å². The van der Waals surface area contributed by atoms with Gasteiger partial charge < -0.3 is 4.42 Å². The molecule has 1 aromatic heterocycles. The first-order valence-corrected chi connectivity index (χ1v) is 11.6. The summed E-state index contributed by atoms with van der Waals surface area (Å²) in [5.41, 5.74) is 0.266. The van der Waals surface area contributed by atoms with Crippen LogP contribution in [0.5, 0.6) is 0 Å². The van der Waals surface area contributed by atoms with Crippen LogP contribution in [0.4, 0.5) is 0 Å². The van der Waals surface area contributed by atoms with Crippen LogP contribution in [0.15, 0.2) is 138 Å². The molecule has 0 spiro atoms. The van der Waals surface area contributed by atoms with Crippen molar-refractivity contribution in [3.63, 3.8) is 0 Å². The molecule has 0 aliphatic heterocycles. The Labute approximate surface area is 233 Å². The Morgan fingerprint density at radius 2 is 1.05 bits per heavy atom. The van der Waals surface area contributed by atoms with E-state index in [1.807, 2.05) is 0 Å². The van der Waals surface area contributed by atoms with Crippen molar-refractivity contribution >= 4 is 54.3 Å². The maximum Gasteiger partial charge on any atom is 0.143 e. The molecular formula is C36H22O. The molecule has 0 N–H and O–H groups in total. The van der Waals surface area contributed by atoms with Crippen LogP contribution in [-0.4, -0.2) is 0 Å². The van der Waals surface area contributed by atoms with Crippen LogP contribution >= 0.6 is 0 Å². The second-order valence-electron chi connectivity index (χ2n) is 8.60. The normalized spacial score (nSPS) is 17.1. The Kier molecular flexibility index (Phi) is 2.33. The molecule has 0 radical (unpaired) electrons. The van der Waals surface area contributed by atoms with Crippen molar-refractivity contribution in [2.75, 3.05) is 0 Å². The molecule has 8 rings (SSSR count). The third kappa shape index (κ3) is 2.98. The van der Waals surface area contributed by atoms with Gasteiger partial charge in [0.15, 0.2) is 0 Å². The van der Waals surface area contributed by atoms with Gasteiger partial charge in [-0.1, -0.05) is 115 Å². The molecule has 1 nitrogen and oxygen atoms in total. The molecule has 1 heterocycles. The molecule has 0 amide bonds. The van der Waals surface area contributed by atoms with Gasteiger partial charge in [0, 0.05) is 16.2 Å². The minimum absolute atomic E-state index is 0.0170. The van der Waals surface area contributed by atoms with E-state index in [0.29, 0.717) is 32.7 Å². The summed E-state index contributed by atoms with van der Waals surface area (Å²) in [5.74, 6) is 0. The average molecular weight is 485 g/mol. The first-order valence-electron chi connectivity index (χ1n) is 18.6. The molecule has 0 saturated carbocycles. The number of fused-ring (bicyclic) bond motifs is 7. The minimum atomic E-state index is -0.584. The van der Waals surface area contributed by atoms with Crippen molar-refractivity contribution in [1.82, 2.24) is 0 Å². The molecule has 7 aromatic carbocycles. The van der Waals surface area contributed by atoms with Crippen LogP contribution in [0.1, 0.15) is 19.2 Å². The second kappa shape index (κ2) is 7.81. The molecule has 0 fully saturated rings. The Morgan fingerprint density at radius 1 is 0.459 bits per heavy atom. The molecule has 0 atom stereocenters. The van der Waals surface area contributed by atoms with Gasteiger partial charge in [-0.25, -0.2) is 0 Å². The molecule has 0 aliphatic carbocycles. The summed E-state index contributed by atoms with van der Waals surface area (Å²) in [4.78, 5) is 0. The molecule has 0 bridgehead atoms. The predicted octanol–water partition coefficient (Wildman–Crippen LogP) is 10.4. The van der Waals surface area contributed by atoms with Gasteiger partial charge in [0.25, 0.3) is 0 Å². The van der Waals surface area contributed by atoms with Gasteiger partial charge in [-0.15, -0.1) is 0 Å². The average Bonchev–Trinajstić information content (AvgIpc) is 3.53. The highest BCUT2D eigenvalue weighted by Gasteiger charge is 2.18. The van der Waals surface area contributed by atoms with Crippen LogP contribution in [0.2, 0.25) is 0 Å². The van der Waals surface area contributed by atoms with Crippen molar-refractivity contribution in [2.24, 2.45) is 0 Å². The van der Waals surface area contributed by atoms with Gasteiger partial charge in [0.2, 0.25) is 0 Å². The smallest absolute Gasteiger partial charge is 0.143 e. The van der Waals surface area contributed by atoms with E-state index in [9.17, 15) is 4.11 Å². The van der Waals surface area contributed by atoms with Crippen LogP contribution in [0.25, 0.3) is 76.5 Å². The number of hydrogen-bond donors (Lipinski definition) is 0. The van der Waals surface area contributed by atoms with E-state index in [1.54, 1.807) is 48.5 Å². The van der Waals surface area contributed by atoms with E-state index in [-0.39, 0.29) is 49.9 Å². The van der Waals surface area contributed by atoms with E-state index in [4.69, 9.17) is 19.5 Å². The highest BCUT2D eigenvalue weighted by atomic mass is 16.3. The van der Waals surface area contributed by atoms with Gasteiger partial charge in [0.1, 0.15) is 11.2 Å². The minimum Gasteiger partial charge on any atom is -0.455 e. The number of furan rings is 1. The first-order chi connectivity index (χ1) is 24.2. The van der Waals surface area contributed by atoms with Crippen molar-refractivity contribution in [1.29, 1.82) is 0 Å². The molecule has 1 heteroatoms. The summed E-state index contributed by atoms with van der Waals surface area (Å²) >= 11 is 0. The highest BCUT2D eigenvalue weighted by Crippen LogP contribution is 2.44. The van der Waals surface area contributed by atoms with Crippen molar-refractivity contribution < 1.29 is 23.6 Å². The lowest BCUT2D eigenvalue weighted by atomic mass is 9.86. The lowest BCUT2D eigenvalue weighted by Crippen LogP contribution is -1.90. The Hall–Kier alpha value is -4.88. The van der Waals surface area contributed by atoms with Crippen LogP contribution in [-0.2, 0) is 0 Å². The summed E-state index contributed by atoms with van der Waals surface area (Å²) in [5, 5.41) is 1.23. The lowest BCUT2D eigenvalue weighted by Gasteiger charge is -2.17. The quantitative estimate of drug-likeness (QED) is 0.222. The summed E-state index contributed by atoms with van der Waals surface area (Å²) in [6, 6.07) is 7.12. The fourth-order valence-corrected chi connectivity index (χ4v) is 5.07. The molecule has 37 heavy (non-hydrogen) atoms. The zero-order valence-electron chi connectivity index (χ0n) is 33.0. The summed E-state index contributed by atoms with van der Waals surface area (Å²) in [7, 11) is 0. The summed E-state index contributed by atoms with van der Waals surface area (Å²) in [6.07, 6.45) is 0. The van der Waals surface area contributed by atoms with Crippen molar-refractivity contribution in [3.8, 4) is 22.3 Å². The zero-order chi connectivity index (χ0) is 36.5. The third-order valence-electron chi connectivity index (χ3n) is 6.62. The summed E-state index contributed by atoms with van der Waals surface area (Å²) < 4.78 is 128. The Balaban J connectivity index is 1.57. The Bertz CT molecular complexity index is 2830. The molecule has 0 saturated heterocycles. The van der Waals surface area contributed by atoms with E-state index in [0.717, 1.165) is 0 Å². The maximum absolute atomic E-state index is 9.48. The van der Waals surface area contributed by atoms with E-state index in [2.05, 4.69) is 0 Å². The van der Waals surface area contributed by atoms with Gasteiger partial charge >= 0.3 is 0 Å². The van der Waals surface area contributed by atoms with Crippen molar-refractivity contribution in [3.05, 3.63) is 133 Å². The number of rotatable bonds is 2. The van der Waals surface area contributed by atoms with Gasteiger partial charge in [-0.2, -0.15) is 0 Å². The van der Waals surface area contributed by atoms with E-state index in [1.165, 1.54) is 0 Å². The SMILES string of the molecule is [2H]c1c([2H])c([2H])c(-c2c3ccccc3c(-c3c([2H])c([2H])c4c(oc5c6c([2H])c([2H])c([2H])c([2H])c6c([2H])c([2H])c54)c3[2H])c3ccccc23)c([2H])c1[2H]. The van der Waals surface area contributed by atoms with Gasteiger partial charge in [-0.3, -0.25) is 0 Å². The molecule has 0 unspecified atom stereocenters. The Morgan fingerprint density at radius 3 is 1.76 bits per heavy atom. The van der Waals surface area contributed by atoms with Crippen LogP contribution < -0.4 is 0 Å². The zero-order valence-corrected chi connectivity index (χ0v) is 19.0. The highest BCUT2D eigenvalue weighted by molar-refractivity contribution is 6.22. The number of hydrogen-bond acceptors (Lipinski definition) is 1. The number of benzene rings is 7. The first kappa shape index (κ1) is 11.0. The largest absolute Gasteiger partial charge is 0.455 e. The fraction of sp³-hybridized carbons (Fsp3) is 0. The topological polar surface area (TPSA) is 13.1 Å². The standard InChI is InChI=1S/C36H22O/c1-2-11-24(12-3-1)34-28-14-6-8-16-30(28)35(31-17-9-7-15-29(31)34)25-19-20-27-32-21-18-23-10-4-5-13-26(23)36(32)37-33(27)22-25/h1-22H/i1D,2D,3D,4D,5D,10D,11D,12D,13D,18D,19D,20D,21D,22D. The third-order valence-corrected chi connectivity index (χ3v) is 6.62. The summed E-state index contributed by atoms with van der Waals surface area (Å²) in [6.45, 7) is 0. The van der Waals surface area contributed by atoms with Crippen LogP contribution in [0.3, 0.4) is 0 Å². The van der Waals surface area contributed by atoms with E-state index < -0.39 is 78.6 Å². The van der Waals surface area contributed by atoms with Crippen LogP contribution in [0, 0.1) is 0 Å². The van der Waals surface area contributed by atoms with Gasteiger partial charge in [-0.05, 0) is 67.3 Å². The molecule has 8 aromatic rings. The molecular weight excluding hydrogens is 448 g/mol. The maximum atomic E-state index is 9.48. The molecule has 0 aliphatic rings. The monoisotopic (exact) mass is 484 g/mol. The predicted molar refractivity (Wildman–Crippen MR) is 157 cm³/mol. The lowest BCUT2D eigenvalue weighted by molar-refractivity contribution is 0.673. The van der Waals surface area contributed by atoms with E-state index >= 15 is 0 Å². The van der Waals surface area contributed by atoms with Gasteiger partial charge in [0.05, 0.1) is 19.2 Å².